The maximum Gasteiger partial charge on any atom is 0.253 e. The Bertz CT molecular complexity index is 462. The average molecular weight is 269 g/mol. The standard InChI is InChI=1S/C13H17ClN2O2/c1-8(17)10-4-5-16(7-10)13(18)9-2-3-11(14)12(15)6-9/h2-3,6,8,10,17H,4-5,7,15H2,1H3. The number of halogens is 1. The fourth-order valence-corrected chi connectivity index (χ4v) is 2.34. The van der Waals surface area contributed by atoms with Crippen molar-refractivity contribution in [2.45, 2.75) is 19.4 Å². The van der Waals surface area contributed by atoms with Crippen molar-refractivity contribution < 1.29 is 9.90 Å². The van der Waals surface area contributed by atoms with Crippen molar-refractivity contribution in [1.29, 1.82) is 0 Å². The van der Waals surface area contributed by atoms with Gasteiger partial charge in [0.15, 0.2) is 0 Å². The molecule has 2 rings (SSSR count). The second-order valence-electron chi connectivity index (χ2n) is 4.78. The van der Waals surface area contributed by atoms with Crippen LogP contribution >= 0.6 is 11.6 Å². The quantitative estimate of drug-likeness (QED) is 0.804. The van der Waals surface area contributed by atoms with Gasteiger partial charge in [-0.25, -0.2) is 0 Å². The molecule has 18 heavy (non-hydrogen) atoms. The van der Waals surface area contributed by atoms with E-state index < -0.39 is 0 Å². The Morgan fingerprint density at radius 2 is 2.33 bits per heavy atom. The minimum absolute atomic E-state index is 0.0542. The normalized spacial score (nSPS) is 21.1. The largest absolute Gasteiger partial charge is 0.398 e. The summed E-state index contributed by atoms with van der Waals surface area (Å²) in [5.74, 6) is 0.111. The predicted octanol–water partition coefficient (Wildman–Crippen LogP) is 1.77. The summed E-state index contributed by atoms with van der Waals surface area (Å²) in [6.07, 6.45) is 0.463. The molecule has 0 spiro atoms. The molecule has 4 nitrogen and oxygen atoms in total. The van der Waals surface area contributed by atoms with Crippen LogP contribution in [0, 0.1) is 5.92 Å². The van der Waals surface area contributed by atoms with Gasteiger partial charge in [-0.05, 0) is 31.5 Å². The Kier molecular flexibility index (Phi) is 3.78. The maximum atomic E-state index is 12.2. The number of hydrogen-bond acceptors (Lipinski definition) is 3. The molecule has 5 heteroatoms. The van der Waals surface area contributed by atoms with Crippen LogP contribution in [0.15, 0.2) is 18.2 Å². The van der Waals surface area contributed by atoms with Crippen LogP contribution in [0.1, 0.15) is 23.7 Å². The first-order chi connectivity index (χ1) is 8.49. The highest BCUT2D eigenvalue weighted by Crippen LogP contribution is 2.24. The first-order valence-electron chi connectivity index (χ1n) is 6.01. The van der Waals surface area contributed by atoms with Crippen LogP contribution in [0.4, 0.5) is 5.69 Å². The first kappa shape index (κ1) is 13.2. The molecule has 2 unspecified atom stereocenters. The van der Waals surface area contributed by atoms with E-state index in [9.17, 15) is 9.90 Å². The number of nitrogens with zero attached hydrogens (tertiary/aromatic N) is 1. The lowest BCUT2D eigenvalue weighted by Gasteiger charge is -2.18. The molecular weight excluding hydrogens is 252 g/mol. The molecule has 1 aromatic carbocycles. The Hall–Kier alpha value is -1.26. The van der Waals surface area contributed by atoms with Crippen molar-refractivity contribution in [3.05, 3.63) is 28.8 Å². The minimum Gasteiger partial charge on any atom is -0.398 e. The van der Waals surface area contributed by atoms with E-state index >= 15 is 0 Å². The zero-order valence-electron chi connectivity index (χ0n) is 10.3. The lowest BCUT2D eigenvalue weighted by atomic mass is 10.0. The number of carbonyl (C=O) groups excluding carboxylic acids is 1. The van der Waals surface area contributed by atoms with Crippen molar-refractivity contribution >= 4 is 23.2 Å². The number of aliphatic hydroxyl groups excluding tert-OH is 1. The van der Waals surface area contributed by atoms with Crippen LogP contribution in [-0.2, 0) is 0 Å². The zero-order chi connectivity index (χ0) is 13.3. The van der Waals surface area contributed by atoms with E-state index in [2.05, 4.69) is 0 Å². The van der Waals surface area contributed by atoms with Crippen molar-refractivity contribution in [3.63, 3.8) is 0 Å². The topological polar surface area (TPSA) is 66.6 Å². The van der Waals surface area contributed by atoms with E-state index in [0.29, 0.717) is 29.4 Å². The highest BCUT2D eigenvalue weighted by atomic mass is 35.5. The lowest BCUT2D eigenvalue weighted by molar-refractivity contribution is 0.0762. The fourth-order valence-electron chi connectivity index (χ4n) is 2.22. The van der Waals surface area contributed by atoms with Gasteiger partial charge < -0.3 is 15.7 Å². The van der Waals surface area contributed by atoms with Crippen molar-refractivity contribution in [1.82, 2.24) is 4.90 Å². The molecule has 1 heterocycles. The summed E-state index contributed by atoms with van der Waals surface area (Å²) < 4.78 is 0. The molecule has 1 aliphatic rings. The van der Waals surface area contributed by atoms with Gasteiger partial charge in [0.1, 0.15) is 0 Å². The van der Waals surface area contributed by atoms with E-state index in [1.54, 1.807) is 30.0 Å². The zero-order valence-corrected chi connectivity index (χ0v) is 11.0. The van der Waals surface area contributed by atoms with Gasteiger partial charge in [-0.2, -0.15) is 0 Å². The average Bonchev–Trinajstić information content (AvgIpc) is 2.81. The maximum absolute atomic E-state index is 12.2. The summed E-state index contributed by atoms with van der Waals surface area (Å²) in [5, 5.41) is 9.98. The molecule has 0 radical (unpaired) electrons. The fraction of sp³-hybridized carbons (Fsp3) is 0.462. The summed E-state index contributed by atoms with van der Waals surface area (Å²) >= 11 is 5.83. The summed E-state index contributed by atoms with van der Waals surface area (Å²) in [5.41, 5.74) is 6.65. The molecular formula is C13H17ClN2O2. The molecule has 3 N–H and O–H groups in total. The first-order valence-corrected chi connectivity index (χ1v) is 6.39. The molecule has 1 aliphatic heterocycles. The van der Waals surface area contributed by atoms with Crippen LogP contribution in [0.2, 0.25) is 5.02 Å². The van der Waals surface area contributed by atoms with Crippen LogP contribution in [0.5, 0.6) is 0 Å². The molecule has 1 saturated heterocycles. The van der Waals surface area contributed by atoms with Gasteiger partial charge in [-0.1, -0.05) is 11.6 Å². The van der Waals surface area contributed by atoms with E-state index in [-0.39, 0.29) is 17.9 Å². The summed E-state index contributed by atoms with van der Waals surface area (Å²) in [6, 6.07) is 4.91. The smallest absolute Gasteiger partial charge is 0.253 e. The Balaban J connectivity index is 2.10. The number of amides is 1. The molecule has 0 aromatic heterocycles. The van der Waals surface area contributed by atoms with Crippen LogP contribution in [0.3, 0.4) is 0 Å². The van der Waals surface area contributed by atoms with Gasteiger partial charge in [0.2, 0.25) is 0 Å². The van der Waals surface area contributed by atoms with E-state index in [0.717, 1.165) is 6.42 Å². The number of hydrogen-bond donors (Lipinski definition) is 2. The number of benzene rings is 1. The summed E-state index contributed by atoms with van der Waals surface area (Å²) in [6.45, 7) is 3.04. The highest BCUT2D eigenvalue weighted by molar-refractivity contribution is 6.33. The molecule has 1 fully saturated rings. The van der Waals surface area contributed by atoms with Gasteiger partial charge in [0.25, 0.3) is 5.91 Å². The number of likely N-dealkylation sites (tertiary alicyclic amines) is 1. The number of carbonyl (C=O) groups is 1. The lowest BCUT2D eigenvalue weighted by Crippen LogP contribution is -2.30. The number of aliphatic hydroxyl groups is 1. The Labute approximate surface area is 111 Å². The molecule has 0 aliphatic carbocycles. The van der Waals surface area contributed by atoms with Crippen molar-refractivity contribution in [2.24, 2.45) is 5.92 Å². The minimum atomic E-state index is -0.377. The van der Waals surface area contributed by atoms with Crippen molar-refractivity contribution in [2.75, 3.05) is 18.8 Å². The van der Waals surface area contributed by atoms with Crippen LogP contribution < -0.4 is 5.73 Å². The molecule has 1 amide bonds. The van der Waals surface area contributed by atoms with Crippen molar-refractivity contribution in [3.8, 4) is 0 Å². The summed E-state index contributed by atoms with van der Waals surface area (Å²) in [7, 11) is 0. The third kappa shape index (κ3) is 2.60. The van der Waals surface area contributed by atoms with Crippen LogP contribution in [0.25, 0.3) is 0 Å². The third-order valence-electron chi connectivity index (χ3n) is 3.44. The molecule has 0 bridgehead atoms. The van der Waals surface area contributed by atoms with E-state index in [1.807, 2.05) is 0 Å². The third-order valence-corrected chi connectivity index (χ3v) is 3.78. The number of rotatable bonds is 2. The number of nitrogens with two attached hydrogens (primary N) is 1. The number of nitrogen functional groups attached to an aromatic ring is 1. The Morgan fingerprint density at radius 1 is 1.61 bits per heavy atom. The van der Waals surface area contributed by atoms with Gasteiger partial charge in [-0.3, -0.25) is 4.79 Å². The van der Waals surface area contributed by atoms with Crippen LogP contribution in [-0.4, -0.2) is 35.1 Å². The van der Waals surface area contributed by atoms with Gasteiger partial charge >= 0.3 is 0 Å². The van der Waals surface area contributed by atoms with Gasteiger partial charge in [-0.15, -0.1) is 0 Å². The molecule has 2 atom stereocenters. The monoisotopic (exact) mass is 268 g/mol. The second kappa shape index (κ2) is 5.16. The molecule has 98 valence electrons. The van der Waals surface area contributed by atoms with Gasteiger partial charge in [0, 0.05) is 24.6 Å². The molecule has 1 aromatic rings. The second-order valence-corrected chi connectivity index (χ2v) is 5.18. The SMILES string of the molecule is CC(O)C1CCN(C(=O)c2ccc(Cl)c(N)c2)C1. The van der Waals surface area contributed by atoms with E-state index in [4.69, 9.17) is 17.3 Å². The highest BCUT2D eigenvalue weighted by Gasteiger charge is 2.29. The Morgan fingerprint density at radius 3 is 2.89 bits per heavy atom. The summed E-state index contributed by atoms with van der Waals surface area (Å²) in [4.78, 5) is 14.0. The van der Waals surface area contributed by atoms with Gasteiger partial charge in [0.05, 0.1) is 16.8 Å². The van der Waals surface area contributed by atoms with E-state index in [1.165, 1.54) is 0 Å². The molecule has 0 saturated carbocycles. The number of anilines is 1. The predicted molar refractivity (Wildman–Crippen MR) is 71.6 cm³/mol.